The van der Waals surface area contributed by atoms with Crippen LogP contribution in [0.15, 0.2) is 24.5 Å². The van der Waals surface area contributed by atoms with Crippen molar-refractivity contribution in [2.24, 2.45) is 0 Å². The van der Waals surface area contributed by atoms with Crippen LogP contribution in [0.3, 0.4) is 0 Å². The van der Waals surface area contributed by atoms with Crippen molar-refractivity contribution in [3.63, 3.8) is 0 Å². The molecular weight excluding hydrogens is 305 g/mol. The Balaban J connectivity index is 2.24. The second kappa shape index (κ2) is 6.02. The van der Waals surface area contributed by atoms with Gasteiger partial charge in [0.25, 0.3) is 0 Å². The van der Waals surface area contributed by atoms with Crippen molar-refractivity contribution < 1.29 is 14.3 Å². The van der Waals surface area contributed by atoms with Crippen LogP contribution in [-0.4, -0.2) is 33.6 Å². The average Bonchev–Trinajstić information content (AvgIpc) is 2.85. The van der Waals surface area contributed by atoms with Crippen LogP contribution in [0.4, 0.5) is 0 Å². The number of nitrogens with zero attached hydrogens (tertiary/aromatic N) is 3. The molecule has 0 N–H and O–H groups in total. The molecule has 0 aliphatic rings. The molecule has 0 bridgehead atoms. The van der Waals surface area contributed by atoms with E-state index in [0.717, 1.165) is 4.68 Å². The Labute approximate surface area is 124 Å². The molecule has 0 aliphatic heterocycles. The summed E-state index contributed by atoms with van der Waals surface area (Å²) in [5.41, 5.74) is 0.294. The summed E-state index contributed by atoms with van der Waals surface area (Å²) in [6, 6.07) is 4.55. The summed E-state index contributed by atoms with van der Waals surface area (Å²) in [5, 5.41) is 4.48. The summed E-state index contributed by atoms with van der Waals surface area (Å²) in [6.07, 6.45) is 1.17. The molecule has 8 heteroatoms. The van der Waals surface area contributed by atoms with Gasteiger partial charge in [-0.05, 0) is 18.2 Å². The lowest BCUT2D eigenvalue weighted by atomic mass is 10.1. The number of halogens is 2. The van der Waals surface area contributed by atoms with E-state index in [1.165, 1.54) is 25.6 Å². The van der Waals surface area contributed by atoms with Gasteiger partial charge in [-0.2, -0.15) is 5.10 Å². The van der Waals surface area contributed by atoms with E-state index in [2.05, 4.69) is 14.8 Å². The van der Waals surface area contributed by atoms with Gasteiger partial charge < -0.3 is 4.74 Å². The molecule has 0 spiro atoms. The normalized spacial score (nSPS) is 10.3. The highest BCUT2D eigenvalue weighted by Gasteiger charge is 2.18. The number of methoxy groups -OCH3 is 1. The number of rotatable bonds is 4. The second-order valence-electron chi connectivity index (χ2n) is 3.78. The van der Waals surface area contributed by atoms with Crippen LogP contribution in [0.2, 0.25) is 10.0 Å². The van der Waals surface area contributed by atoms with E-state index in [9.17, 15) is 9.59 Å². The summed E-state index contributed by atoms with van der Waals surface area (Å²) >= 11 is 11.7. The lowest BCUT2D eigenvalue weighted by molar-refractivity contribution is 0.0579. The Kier molecular flexibility index (Phi) is 4.36. The van der Waals surface area contributed by atoms with E-state index in [4.69, 9.17) is 23.2 Å². The van der Waals surface area contributed by atoms with E-state index in [1.807, 2.05) is 0 Å². The van der Waals surface area contributed by atoms with Crippen LogP contribution in [0.1, 0.15) is 21.0 Å². The van der Waals surface area contributed by atoms with Gasteiger partial charge in [-0.25, -0.2) is 14.5 Å². The van der Waals surface area contributed by atoms with Gasteiger partial charge in [0.2, 0.25) is 5.82 Å². The molecule has 0 amide bonds. The van der Waals surface area contributed by atoms with E-state index < -0.39 is 5.97 Å². The number of benzene rings is 1. The highest BCUT2D eigenvalue weighted by molar-refractivity contribution is 6.36. The molecule has 1 aromatic carbocycles. The minimum Gasteiger partial charge on any atom is -0.463 e. The van der Waals surface area contributed by atoms with Crippen molar-refractivity contribution in [2.45, 2.75) is 6.54 Å². The third-order valence-corrected chi connectivity index (χ3v) is 3.06. The van der Waals surface area contributed by atoms with Crippen LogP contribution in [0.25, 0.3) is 0 Å². The summed E-state index contributed by atoms with van der Waals surface area (Å²) in [7, 11) is 1.22. The Morgan fingerprint density at radius 3 is 2.75 bits per heavy atom. The first-order valence-electron chi connectivity index (χ1n) is 5.47. The maximum absolute atomic E-state index is 12.1. The van der Waals surface area contributed by atoms with Crippen molar-refractivity contribution in [3.8, 4) is 0 Å². The molecule has 1 heterocycles. The summed E-state index contributed by atoms with van der Waals surface area (Å²) < 4.78 is 5.70. The van der Waals surface area contributed by atoms with E-state index in [0.29, 0.717) is 10.6 Å². The molecule has 0 atom stereocenters. The molecule has 0 saturated carbocycles. The quantitative estimate of drug-likeness (QED) is 0.639. The summed E-state index contributed by atoms with van der Waals surface area (Å²) in [5.74, 6) is -1.04. The molecule has 20 heavy (non-hydrogen) atoms. The fourth-order valence-electron chi connectivity index (χ4n) is 1.57. The number of aromatic nitrogens is 3. The molecule has 0 fully saturated rings. The Morgan fingerprint density at radius 1 is 1.35 bits per heavy atom. The van der Waals surface area contributed by atoms with Crippen molar-refractivity contribution in [3.05, 3.63) is 46.0 Å². The van der Waals surface area contributed by atoms with Crippen LogP contribution in [-0.2, 0) is 11.3 Å². The number of ketones is 1. The van der Waals surface area contributed by atoms with E-state index >= 15 is 0 Å². The van der Waals surface area contributed by atoms with Crippen LogP contribution in [0, 0.1) is 0 Å². The molecule has 0 unspecified atom stereocenters. The largest absolute Gasteiger partial charge is 0.463 e. The molecule has 2 rings (SSSR count). The maximum Gasteiger partial charge on any atom is 0.375 e. The highest BCUT2D eigenvalue weighted by Crippen LogP contribution is 2.21. The molecule has 2 aromatic rings. The fourth-order valence-corrected chi connectivity index (χ4v) is 2.08. The van der Waals surface area contributed by atoms with E-state index in [-0.39, 0.29) is 23.2 Å². The van der Waals surface area contributed by atoms with E-state index in [1.54, 1.807) is 6.07 Å². The minimum atomic E-state index is -0.669. The number of carbonyl (C=O) groups is 2. The molecule has 1 aromatic heterocycles. The van der Waals surface area contributed by atoms with Gasteiger partial charge in [-0.1, -0.05) is 23.2 Å². The molecule has 6 nitrogen and oxygen atoms in total. The standard InChI is InChI=1S/C12H9Cl2N3O3/c1-20-12(19)11-15-6-16-17(11)5-10(18)8-3-2-7(13)4-9(8)14/h2-4,6H,5H2,1H3. The van der Waals surface area contributed by atoms with Gasteiger partial charge in [-0.15, -0.1) is 0 Å². The number of hydrogen-bond acceptors (Lipinski definition) is 5. The molecule has 0 aliphatic carbocycles. The van der Waals surface area contributed by atoms with Crippen molar-refractivity contribution >= 4 is 35.0 Å². The van der Waals surface area contributed by atoms with Gasteiger partial charge in [0.05, 0.1) is 12.1 Å². The predicted molar refractivity (Wildman–Crippen MR) is 72.2 cm³/mol. The number of ether oxygens (including phenoxy) is 1. The third kappa shape index (κ3) is 2.97. The van der Waals surface area contributed by atoms with Gasteiger partial charge in [0.15, 0.2) is 5.78 Å². The Bertz CT molecular complexity index is 670. The molecule has 0 radical (unpaired) electrons. The number of carbonyl (C=O) groups excluding carboxylic acids is 2. The van der Waals surface area contributed by atoms with Crippen molar-refractivity contribution in [1.82, 2.24) is 14.8 Å². The van der Waals surface area contributed by atoms with Crippen molar-refractivity contribution in [1.29, 1.82) is 0 Å². The fraction of sp³-hybridized carbons (Fsp3) is 0.167. The highest BCUT2D eigenvalue weighted by atomic mass is 35.5. The number of Topliss-reactive ketones (excluding diaryl/α,β-unsaturated/α-hetero) is 1. The topological polar surface area (TPSA) is 74.1 Å². The first-order chi connectivity index (χ1) is 9.52. The number of hydrogen-bond donors (Lipinski definition) is 0. The van der Waals surface area contributed by atoms with Crippen molar-refractivity contribution in [2.75, 3.05) is 7.11 Å². The van der Waals surface area contributed by atoms with Gasteiger partial charge in [-0.3, -0.25) is 4.79 Å². The number of esters is 1. The summed E-state index contributed by atoms with van der Waals surface area (Å²) in [6.45, 7) is -0.175. The first-order valence-corrected chi connectivity index (χ1v) is 6.23. The predicted octanol–water partition coefficient (Wildman–Crippen LogP) is 2.25. The second-order valence-corrected chi connectivity index (χ2v) is 4.62. The zero-order valence-electron chi connectivity index (χ0n) is 10.3. The smallest absolute Gasteiger partial charge is 0.375 e. The van der Waals surface area contributed by atoms with Gasteiger partial charge >= 0.3 is 5.97 Å². The minimum absolute atomic E-state index is 0.0501. The average molecular weight is 314 g/mol. The zero-order valence-corrected chi connectivity index (χ0v) is 11.9. The third-order valence-electron chi connectivity index (χ3n) is 2.51. The molecular formula is C12H9Cl2N3O3. The van der Waals surface area contributed by atoms with Gasteiger partial charge in [0, 0.05) is 10.6 Å². The Hall–Kier alpha value is -1.92. The SMILES string of the molecule is COC(=O)c1ncnn1CC(=O)c1ccc(Cl)cc1Cl. The van der Waals surface area contributed by atoms with Crippen LogP contribution >= 0.6 is 23.2 Å². The summed E-state index contributed by atoms with van der Waals surface area (Å²) in [4.78, 5) is 27.3. The van der Waals surface area contributed by atoms with Crippen LogP contribution < -0.4 is 0 Å². The van der Waals surface area contributed by atoms with Gasteiger partial charge in [0.1, 0.15) is 12.9 Å². The Morgan fingerprint density at radius 2 is 2.10 bits per heavy atom. The maximum atomic E-state index is 12.1. The zero-order chi connectivity index (χ0) is 14.7. The molecule has 104 valence electrons. The first kappa shape index (κ1) is 14.5. The lowest BCUT2D eigenvalue weighted by Gasteiger charge is -2.06. The molecule has 0 saturated heterocycles. The van der Waals surface area contributed by atoms with Crippen LogP contribution in [0.5, 0.6) is 0 Å². The monoisotopic (exact) mass is 313 g/mol. The lowest BCUT2D eigenvalue weighted by Crippen LogP contribution is -2.18.